The Labute approximate surface area is 291 Å². The maximum atomic E-state index is 15.5. The SMILES string of the molecule is C[C@@H]1CN(c2nc(=O)n3c4c(c(-c5cc(Br)c(F)cc5F)c(C(F)(F)F)cc24)SC[C@@H](c2ccncc2)C3)C[C@H](C)N1C(=O)OC(C)(C)C. The van der Waals surface area contributed by atoms with Crippen LogP contribution in [0.1, 0.15) is 51.7 Å². The van der Waals surface area contributed by atoms with Crippen molar-refractivity contribution in [1.82, 2.24) is 19.4 Å². The Morgan fingerprint density at radius 1 is 1.00 bits per heavy atom. The molecule has 0 aliphatic carbocycles. The molecule has 1 amide bonds. The van der Waals surface area contributed by atoms with Crippen LogP contribution >= 0.6 is 27.7 Å². The van der Waals surface area contributed by atoms with E-state index in [9.17, 15) is 14.0 Å². The van der Waals surface area contributed by atoms with E-state index in [2.05, 4.69) is 25.9 Å². The van der Waals surface area contributed by atoms with Crippen LogP contribution in [0.3, 0.4) is 0 Å². The Balaban J connectivity index is 1.60. The van der Waals surface area contributed by atoms with E-state index in [1.54, 1.807) is 68.9 Å². The zero-order chi connectivity index (χ0) is 35.6. The molecule has 0 radical (unpaired) electrons. The molecule has 3 atom stereocenters. The van der Waals surface area contributed by atoms with Crippen LogP contribution in [0.25, 0.3) is 22.0 Å². The fourth-order valence-electron chi connectivity index (χ4n) is 6.61. The smallest absolute Gasteiger partial charge is 0.417 e. The largest absolute Gasteiger partial charge is 0.444 e. The third-order valence-electron chi connectivity index (χ3n) is 8.62. The van der Waals surface area contributed by atoms with Crippen molar-refractivity contribution in [2.24, 2.45) is 0 Å². The molecule has 2 aromatic heterocycles. The number of hydrogen-bond donors (Lipinski definition) is 0. The monoisotopic (exact) mass is 765 g/mol. The minimum absolute atomic E-state index is 0.0285. The minimum atomic E-state index is -4.97. The Kier molecular flexibility index (Phi) is 9.22. The fourth-order valence-corrected chi connectivity index (χ4v) is 8.34. The molecule has 0 unspecified atom stereocenters. The van der Waals surface area contributed by atoms with Crippen molar-refractivity contribution >= 4 is 50.5 Å². The van der Waals surface area contributed by atoms with Gasteiger partial charge in [-0.05, 0) is 80.4 Å². The quantitative estimate of drug-likeness (QED) is 0.154. The van der Waals surface area contributed by atoms with Gasteiger partial charge in [0, 0.05) is 71.2 Å². The number of carbonyl (C=O) groups is 1. The lowest BCUT2D eigenvalue weighted by molar-refractivity contribution is -0.137. The third kappa shape index (κ3) is 6.75. The average molecular weight is 767 g/mol. The van der Waals surface area contributed by atoms with Gasteiger partial charge in [0.25, 0.3) is 0 Å². The number of pyridine rings is 1. The van der Waals surface area contributed by atoms with E-state index >= 15 is 17.6 Å². The maximum Gasteiger partial charge on any atom is 0.417 e. The number of piperazine rings is 1. The number of thioether (sulfide) groups is 1. The van der Waals surface area contributed by atoms with Crippen molar-refractivity contribution in [2.75, 3.05) is 23.7 Å². The summed E-state index contributed by atoms with van der Waals surface area (Å²) < 4.78 is 82.0. The summed E-state index contributed by atoms with van der Waals surface area (Å²) in [4.78, 5) is 38.9. The summed E-state index contributed by atoms with van der Waals surface area (Å²) in [6.45, 7) is 9.24. The van der Waals surface area contributed by atoms with Gasteiger partial charge in [0.05, 0.1) is 27.6 Å². The lowest BCUT2D eigenvalue weighted by Crippen LogP contribution is -2.59. The van der Waals surface area contributed by atoms with Gasteiger partial charge in [-0.3, -0.25) is 14.5 Å². The van der Waals surface area contributed by atoms with Crippen LogP contribution in [0.15, 0.2) is 56.9 Å². The van der Waals surface area contributed by atoms with Gasteiger partial charge in [-0.1, -0.05) is 0 Å². The first kappa shape index (κ1) is 35.1. The predicted octanol–water partition coefficient (Wildman–Crippen LogP) is 8.24. The highest BCUT2D eigenvalue weighted by molar-refractivity contribution is 9.10. The van der Waals surface area contributed by atoms with E-state index in [4.69, 9.17) is 4.74 Å². The molecule has 0 N–H and O–H groups in total. The molecule has 1 fully saturated rings. The average Bonchev–Trinajstić information content (AvgIpc) is 3.21. The summed E-state index contributed by atoms with van der Waals surface area (Å²) in [6, 6.07) is 5.08. The number of carbonyl (C=O) groups excluding carboxylic acids is 1. The summed E-state index contributed by atoms with van der Waals surface area (Å²) in [7, 11) is 0. The molecule has 4 aromatic rings. The summed E-state index contributed by atoms with van der Waals surface area (Å²) in [5.74, 6) is -2.21. The van der Waals surface area contributed by atoms with Gasteiger partial charge in [-0.15, -0.1) is 11.8 Å². The molecule has 2 aliphatic rings. The fraction of sp³-hybridized carbons (Fsp3) is 0.412. The standard InChI is InChI=1S/C34H33BrF5N5O3S/c1-17-13-43(14-18(2)45(17)32(47)48-33(3,4)5)30-22-10-23(34(38,39)40)27(21-11-24(35)26(37)12-25(21)36)29-28(22)44(31(46)42-30)15-20(16-49-29)19-6-8-41-9-7-19/h6-12,17-18,20H,13-16H2,1-5H3/t17-,18+,20-/m0/s1. The third-order valence-corrected chi connectivity index (χ3v) is 10.5. The molecule has 6 rings (SSSR count). The van der Waals surface area contributed by atoms with Gasteiger partial charge in [0.2, 0.25) is 0 Å². The van der Waals surface area contributed by atoms with E-state index in [0.717, 1.165) is 29.5 Å². The molecular weight excluding hydrogens is 733 g/mol. The van der Waals surface area contributed by atoms with E-state index in [0.29, 0.717) is 6.07 Å². The summed E-state index contributed by atoms with van der Waals surface area (Å²) in [5, 5.41) is 0.0558. The van der Waals surface area contributed by atoms with Crippen molar-refractivity contribution in [3.8, 4) is 11.1 Å². The molecule has 1 saturated heterocycles. The molecule has 2 aliphatic heterocycles. The number of amides is 1. The first-order valence-electron chi connectivity index (χ1n) is 15.6. The summed E-state index contributed by atoms with van der Waals surface area (Å²) in [5.41, 5.74) is -2.53. The number of nitrogens with zero attached hydrogens (tertiary/aromatic N) is 5. The highest BCUT2D eigenvalue weighted by Gasteiger charge is 2.41. The number of hydrogen-bond acceptors (Lipinski definition) is 7. The minimum Gasteiger partial charge on any atom is -0.444 e. The molecule has 2 aromatic carbocycles. The number of aromatic nitrogens is 3. The Morgan fingerprint density at radius 2 is 1.65 bits per heavy atom. The van der Waals surface area contributed by atoms with Crippen LogP contribution in [0.2, 0.25) is 0 Å². The van der Waals surface area contributed by atoms with Crippen molar-refractivity contribution in [1.29, 1.82) is 0 Å². The van der Waals surface area contributed by atoms with Gasteiger partial charge in [0.1, 0.15) is 23.1 Å². The molecule has 0 saturated carbocycles. The number of benzene rings is 2. The second-order valence-electron chi connectivity index (χ2n) is 13.4. The van der Waals surface area contributed by atoms with Crippen LogP contribution in [0, 0.1) is 11.6 Å². The second-order valence-corrected chi connectivity index (χ2v) is 15.3. The van der Waals surface area contributed by atoms with E-state index in [1.807, 2.05) is 0 Å². The molecular formula is C34H33BrF5N5O3S. The number of anilines is 1. The van der Waals surface area contributed by atoms with Crippen LogP contribution in [-0.4, -0.2) is 62.1 Å². The first-order chi connectivity index (χ1) is 22.9. The van der Waals surface area contributed by atoms with Gasteiger partial charge in [0.15, 0.2) is 0 Å². The number of halogens is 6. The Bertz CT molecular complexity index is 1990. The van der Waals surface area contributed by atoms with Gasteiger partial charge >= 0.3 is 18.0 Å². The first-order valence-corrected chi connectivity index (χ1v) is 17.3. The molecule has 260 valence electrons. The highest BCUT2D eigenvalue weighted by atomic mass is 79.9. The predicted molar refractivity (Wildman–Crippen MR) is 181 cm³/mol. The molecule has 49 heavy (non-hydrogen) atoms. The van der Waals surface area contributed by atoms with Crippen molar-refractivity contribution in [3.05, 3.63) is 80.4 Å². The lowest BCUT2D eigenvalue weighted by atomic mass is 9.95. The maximum absolute atomic E-state index is 15.5. The van der Waals surface area contributed by atoms with Crippen molar-refractivity contribution in [3.63, 3.8) is 0 Å². The van der Waals surface area contributed by atoms with Crippen molar-refractivity contribution < 1.29 is 31.5 Å². The van der Waals surface area contributed by atoms with E-state index in [1.165, 1.54) is 4.57 Å². The summed E-state index contributed by atoms with van der Waals surface area (Å²) in [6.07, 6.45) is -2.31. The topological polar surface area (TPSA) is 80.6 Å². The molecule has 8 nitrogen and oxygen atoms in total. The van der Waals surface area contributed by atoms with E-state index in [-0.39, 0.29) is 57.4 Å². The van der Waals surface area contributed by atoms with Crippen LogP contribution in [0.5, 0.6) is 0 Å². The molecule has 0 bridgehead atoms. The Hall–Kier alpha value is -3.72. The molecule has 0 spiro atoms. The number of rotatable bonds is 3. The normalized spacial score (nSPS) is 20.0. The highest BCUT2D eigenvalue weighted by Crippen LogP contribution is 2.50. The number of ether oxygens (including phenoxy) is 1. The van der Waals surface area contributed by atoms with Gasteiger partial charge in [-0.25, -0.2) is 18.4 Å². The number of alkyl halides is 3. The van der Waals surface area contributed by atoms with Gasteiger partial charge < -0.3 is 9.64 Å². The van der Waals surface area contributed by atoms with Crippen molar-refractivity contribution in [2.45, 2.75) is 75.8 Å². The zero-order valence-corrected chi connectivity index (χ0v) is 29.6. The second kappa shape index (κ2) is 12.9. The zero-order valence-electron chi connectivity index (χ0n) is 27.2. The van der Waals surface area contributed by atoms with E-state index < -0.39 is 64.0 Å². The molecule has 15 heteroatoms. The van der Waals surface area contributed by atoms with Crippen LogP contribution < -0.4 is 10.6 Å². The lowest BCUT2D eigenvalue weighted by Gasteiger charge is -2.45. The summed E-state index contributed by atoms with van der Waals surface area (Å²) >= 11 is 4.08. The van der Waals surface area contributed by atoms with Crippen LogP contribution in [0.4, 0.5) is 32.6 Å². The van der Waals surface area contributed by atoms with Gasteiger partial charge in [-0.2, -0.15) is 18.2 Å². The Morgan fingerprint density at radius 3 is 2.27 bits per heavy atom. The van der Waals surface area contributed by atoms with Crippen LogP contribution in [-0.2, 0) is 17.5 Å². The molecule has 4 heterocycles.